The molecule has 16 heavy (non-hydrogen) atoms. The molecule has 0 unspecified atom stereocenters. The molecule has 2 N–H and O–H groups in total. The summed E-state index contributed by atoms with van der Waals surface area (Å²) in [5.41, 5.74) is 5.22. The van der Waals surface area contributed by atoms with Crippen molar-refractivity contribution in [2.24, 2.45) is 5.92 Å². The van der Waals surface area contributed by atoms with Crippen LogP contribution in [0.4, 0.5) is 19.2 Å². The lowest BCUT2D eigenvalue weighted by molar-refractivity contribution is -0.188. The van der Waals surface area contributed by atoms with Crippen molar-refractivity contribution in [2.75, 3.05) is 5.73 Å². The number of aromatic nitrogens is 2. The third-order valence-electron chi connectivity index (χ3n) is 2.96. The summed E-state index contributed by atoms with van der Waals surface area (Å²) in [6.45, 7) is 0. The highest BCUT2D eigenvalue weighted by molar-refractivity contribution is 5.08. The lowest BCUT2D eigenvalue weighted by Crippen LogP contribution is -2.31. The Morgan fingerprint density at radius 2 is 1.88 bits per heavy atom. The number of alkyl halides is 3. The highest BCUT2D eigenvalue weighted by Gasteiger charge is 2.47. The summed E-state index contributed by atoms with van der Waals surface area (Å²) in [6, 6.07) is -0.179. The maximum atomic E-state index is 12.8. The van der Waals surface area contributed by atoms with Crippen LogP contribution in [0, 0.1) is 5.92 Å². The van der Waals surface area contributed by atoms with Gasteiger partial charge in [-0.25, -0.2) is 0 Å². The average Bonchev–Trinajstić information content (AvgIpc) is 2.64. The van der Waals surface area contributed by atoms with Gasteiger partial charge >= 0.3 is 12.2 Å². The van der Waals surface area contributed by atoms with Crippen molar-refractivity contribution >= 4 is 6.01 Å². The van der Waals surface area contributed by atoms with E-state index in [1.54, 1.807) is 0 Å². The fraction of sp³-hybridized carbons (Fsp3) is 0.778. The molecule has 2 atom stereocenters. The second-order valence-electron chi connectivity index (χ2n) is 4.02. The van der Waals surface area contributed by atoms with Gasteiger partial charge in [-0.15, -0.1) is 5.10 Å². The van der Waals surface area contributed by atoms with Crippen LogP contribution < -0.4 is 5.73 Å². The lowest BCUT2D eigenvalue weighted by Gasteiger charge is -2.30. The molecule has 7 heteroatoms. The Balaban J connectivity index is 2.23. The van der Waals surface area contributed by atoms with Crippen molar-refractivity contribution in [3.05, 3.63) is 5.89 Å². The van der Waals surface area contributed by atoms with Crippen LogP contribution in [0.2, 0.25) is 0 Å². The van der Waals surface area contributed by atoms with Gasteiger partial charge < -0.3 is 10.2 Å². The molecule has 0 amide bonds. The third kappa shape index (κ3) is 2.12. The summed E-state index contributed by atoms with van der Waals surface area (Å²) >= 11 is 0. The Morgan fingerprint density at radius 1 is 1.19 bits per heavy atom. The fourth-order valence-corrected chi connectivity index (χ4v) is 2.21. The van der Waals surface area contributed by atoms with E-state index in [1.165, 1.54) is 0 Å². The quantitative estimate of drug-likeness (QED) is 0.812. The van der Waals surface area contributed by atoms with Crippen LogP contribution >= 0.6 is 0 Å². The molecule has 0 bridgehead atoms. The van der Waals surface area contributed by atoms with E-state index in [4.69, 9.17) is 10.2 Å². The minimum atomic E-state index is -4.21. The maximum absolute atomic E-state index is 12.8. The first-order valence-corrected chi connectivity index (χ1v) is 5.14. The molecule has 1 aliphatic carbocycles. The van der Waals surface area contributed by atoms with Crippen LogP contribution in [0.5, 0.6) is 0 Å². The molecule has 0 spiro atoms. The van der Waals surface area contributed by atoms with E-state index in [9.17, 15) is 13.2 Å². The number of anilines is 1. The Labute approximate surface area is 90.0 Å². The topological polar surface area (TPSA) is 64.9 Å². The Hall–Kier alpha value is -1.27. The second-order valence-corrected chi connectivity index (χ2v) is 4.02. The molecule has 0 aromatic carbocycles. The number of rotatable bonds is 1. The molecule has 4 nitrogen and oxygen atoms in total. The summed E-state index contributed by atoms with van der Waals surface area (Å²) in [5.74, 6) is -2.11. The predicted molar refractivity (Wildman–Crippen MR) is 49.5 cm³/mol. The summed E-state index contributed by atoms with van der Waals surface area (Å²) in [7, 11) is 0. The first-order valence-electron chi connectivity index (χ1n) is 5.14. The van der Waals surface area contributed by atoms with Crippen molar-refractivity contribution < 1.29 is 17.6 Å². The zero-order chi connectivity index (χ0) is 11.8. The maximum Gasteiger partial charge on any atom is 0.392 e. The van der Waals surface area contributed by atoms with Crippen molar-refractivity contribution in [3.63, 3.8) is 0 Å². The van der Waals surface area contributed by atoms with Crippen LogP contribution in [0.1, 0.15) is 37.5 Å². The smallest absolute Gasteiger partial charge is 0.392 e. The highest BCUT2D eigenvalue weighted by atomic mass is 19.4. The average molecular weight is 235 g/mol. The van der Waals surface area contributed by atoms with Crippen molar-refractivity contribution in [2.45, 2.75) is 37.8 Å². The monoisotopic (exact) mass is 235 g/mol. The van der Waals surface area contributed by atoms with Gasteiger partial charge in [-0.1, -0.05) is 17.9 Å². The first kappa shape index (κ1) is 11.2. The number of nitrogen functional groups attached to an aromatic ring is 1. The number of hydrogen-bond donors (Lipinski definition) is 1. The molecule has 1 aromatic rings. The van der Waals surface area contributed by atoms with Crippen molar-refractivity contribution in [3.8, 4) is 0 Å². The van der Waals surface area contributed by atoms with E-state index >= 15 is 0 Å². The van der Waals surface area contributed by atoms with Gasteiger partial charge in [0.05, 0.1) is 5.92 Å². The summed E-state index contributed by atoms with van der Waals surface area (Å²) < 4.78 is 43.2. The Bertz CT molecular complexity index is 363. The van der Waals surface area contributed by atoms with Gasteiger partial charge in [-0.2, -0.15) is 13.2 Å². The van der Waals surface area contributed by atoms with Gasteiger partial charge in [0, 0.05) is 5.92 Å². The molecular formula is C9H12F3N3O. The number of nitrogens with two attached hydrogens (primary N) is 1. The normalized spacial score (nSPS) is 26.9. The third-order valence-corrected chi connectivity index (χ3v) is 2.96. The molecule has 1 saturated carbocycles. The Morgan fingerprint density at radius 3 is 2.44 bits per heavy atom. The summed E-state index contributed by atoms with van der Waals surface area (Å²) in [4.78, 5) is 0. The second kappa shape index (κ2) is 3.95. The molecule has 1 aliphatic rings. The van der Waals surface area contributed by atoms with E-state index < -0.39 is 18.0 Å². The standard InChI is InChI=1S/C9H12F3N3O/c10-9(11,12)6-4-2-1-3-5(6)7-14-15-8(13)16-7/h5-6H,1-4H2,(H2,13,15)/t5-,6+/m1/s1. The molecular weight excluding hydrogens is 223 g/mol. The van der Waals surface area contributed by atoms with E-state index in [2.05, 4.69) is 10.2 Å². The molecule has 1 aromatic heterocycles. The van der Waals surface area contributed by atoms with Crippen molar-refractivity contribution in [1.29, 1.82) is 0 Å². The highest BCUT2D eigenvalue weighted by Crippen LogP contribution is 2.45. The van der Waals surface area contributed by atoms with E-state index in [-0.39, 0.29) is 18.3 Å². The first-order chi connectivity index (χ1) is 7.48. The zero-order valence-electron chi connectivity index (χ0n) is 8.50. The van der Waals surface area contributed by atoms with Crippen LogP contribution in [-0.4, -0.2) is 16.4 Å². The SMILES string of the molecule is Nc1nnc([C@@H]2CCCC[C@@H]2C(F)(F)F)o1. The lowest BCUT2D eigenvalue weighted by atomic mass is 9.79. The number of nitrogens with zero attached hydrogens (tertiary/aromatic N) is 2. The van der Waals surface area contributed by atoms with Crippen LogP contribution in [-0.2, 0) is 0 Å². The number of hydrogen-bond acceptors (Lipinski definition) is 4. The molecule has 0 aliphatic heterocycles. The van der Waals surface area contributed by atoms with Crippen LogP contribution in [0.3, 0.4) is 0 Å². The minimum Gasteiger partial charge on any atom is -0.408 e. The van der Waals surface area contributed by atoms with Gasteiger partial charge in [0.1, 0.15) is 0 Å². The van der Waals surface area contributed by atoms with Crippen LogP contribution in [0.25, 0.3) is 0 Å². The van der Waals surface area contributed by atoms with Gasteiger partial charge in [-0.05, 0) is 12.8 Å². The van der Waals surface area contributed by atoms with Gasteiger partial charge in [0.2, 0.25) is 5.89 Å². The molecule has 1 heterocycles. The largest absolute Gasteiger partial charge is 0.408 e. The van der Waals surface area contributed by atoms with E-state index in [0.717, 1.165) is 6.42 Å². The van der Waals surface area contributed by atoms with Gasteiger partial charge in [0.25, 0.3) is 0 Å². The van der Waals surface area contributed by atoms with Gasteiger partial charge in [0.15, 0.2) is 0 Å². The van der Waals surface area contributed by atoms with Gasteiger partial charge in [-0.3, -0.25) is 0 Å². The van der Waals surface area contributed by atoms with E-state index in [1.807, 2.05) is 0 Å². The summed E-state index contributed by atoms with van der Waals surface area (Å²) in [6.07, 6.45) is -2.33. The molecule has 90 valence electrons. The predicted octanol–water partition coefficient (Wildman–Crippen LogP) is 2.49. The molecule has 0 radical (unpaired) electrons. The molecule has 2 rings (SSSR count). The molecule has 0 saturated heterocycles. The Kier molecular flexibility index (Phi) is 2.77. The van der Waals surface area contributed by atoms with Crippen LogP contribution in [0.15, 0.2) is 4.42 Å². The van der Waals surface area contributed by atoms with Crippen molar-refractivity contribution in [1.82, 2.24) is 10.2 Å². The zero-order valence-corrected chi connectivity index (χ0v) is 8.50. The number of halogens is 3. The minimum absolute atomic E-state index is 0.0134. The molecule has 1 fully saturated rings. The summed E-state index contributed by atoms with van der Waals surface area (Å²) in [5, 5.41) is 6.96. The fourth-order valence-electron chi connectivity index (χ4n) is 2.21. The van der Waals surface area contributed by atoms with E-state index in [0.29, 0.717) is 12.8 Å².